The van der Waals surface area contributed by atoms with Crippen LogP contribution in [0.4, 0.5) is 13.2 Å². The molecule has 0 bridgehead atoms. The quantitative estimate of drug-likeness (QED) is 0.321. The highest BCUT2D eigenvalue weighted by atomic mass is 19.4. The van der Waals surface area contributed by atoms with Gasteiger partial charge in [-0.1, -0.05) is 18.2 Å². The van der Waals surface area contributed by atoms with Crippen molar-refractivity contribution in [1.82, 2.24) is 10.2 Å². The maximum atomic E-state index is 13.5. The minimum Gasteiger partial charge on any atom is -0.494 e. The predicted octanol–water partition coefficient (Wildman–Crippen LogP) is 5.14. The number of rotatable bonds is 10. The SMILES string of the molecule is COC(=O)C[C@@H]1Cc2ccc(OCCCNC3C=C(C)C=CO3)cc2CN(Cc2ccc(C(F)(F)F)cc2)C1=O. The van der Waals surface area contributed by atoms with Gasteiger partial charge in [-0.05, 0) is 78.4 Å². The largest absolute Gasteiger partial charge is 0.494 e. The van der Waals surface area contributed by atoms with Gasteiger partial charge in [-0.25, -0.2) is 0 Å². The second-order valence-electron chi connectivity index (χ2n) is 9.93. The molecule has 0 fully saturated rings. The van der Waals surface area contributed by atoms with E-state index in [-0.39, 0.29) is 31.6 Å². The van der Waals surface area contributed by atoms with Gasteiger partial charge in [0, 0.05) is 19.6 Å². The zero-order valence-corrected chi connectivity index (χ0v) is 22.5. The molecule has 40 heavy (non-hydrogen) atoms. The van der Waals surface area contributed by atoms with Crippen molar-refractivity contribution in [2.24, 2.45) is 5.92 Å². The van der Waals surface area contributed by atoms with Crippen molar-refractivity contribution < 1.29 is 37.0 Å². The molecule has 10 heteroatoms. The van der Waals surface area contributed by atoms with Crippen LogP contribution in [0.3, 0.4) is 0 Å². The maximum Gasteiger partial charge on any atom is 0.416 e. The highest BCUT2D eigenvalue weighted by molar-refractivity contribution is 5.84. The fourth-order valence-electron chi connectivity index (χ4n) is 4.71. The van der Waals surface area contributed by atoms with Crippen LogP contribution in [0.15, 0.2) is 66.5 Å². The minimum absolute atomic E-state index is 0.0846. The summed E-state index contributed by atoms with van der Waals surface area (Å²) in [4.78, 5) is 27.1. The summed E-state index contributed by atoms with van der Waals surface area (Å²) in [7, 11) is 1.27. The fourth-order valence-corrected chi connectivity index (χ4v) is 4.71. The van der Waals surface area contributed by atoms with E-state index in [2.05, 4.69) is 5.32 Å². The summed E-state index contributed by atoms with van der Waals surface area (Å²) in [6.07, 6.45) is 1.97. The van der Waals surface area contributed by atoms with Crippen molar-refractivity contribution in [3.05, 3.63) is 88.7 Å². The van der Waals surface area contributed by atoms with Crippen LogP contribution in [-0.4, -0.2) is 43.3 Å². The Morgan fingerprint density at radius 2 is 1.93 bits per heavy atom. The number of alkyl halides is 3. The molecule has 1 unspecified atom stereocenters. The van der Waals surface area contributed by atoms with E-state index in [0.717, 1.165) is 35.3 Å². The second-order valence-corrected chi connectivity index (χ2v) is 9.93. The van der Waals surface area contributed by atoms with E-state index >= 15 is 0 Å². The molecule has 0 saturated heterocycles. The summed E-state index contributed by atoms with van der Waals surface area (Å²) in [6, 6.07) is 10.4. The van der Waals surface area contributed by atoms with Gasteiger partial charge in [-0.2, -0.15) is 13.2 Å². The Labute approximate surface area is 231 Å². The van der Waals surface area contributed by atoms with Crippen LogP contribution in [-0.2, 0) is 44.7 Å². The normalized spacial score (nSPS) is 18.9. The van der Waals surface area contributed by atoms with Gasteiger partial charge >= 0.3 is 12.1 Å². The first-order valence-corrected chi connectivity index (χ1v) is 13.1. The molecule has 2 aromatic rings. The van der Waals surface area contributed by atoms with E-state index in [1.807, 2.05) is 37.3 Å². The number of ether oxygens (including phenoxy) is 3. The van der Waals surface area contributed by atoms with Crippen molar-refractivity contribution in [2.75, 3.05) is 20.3 Å². The lowest BCUT2D eigenvalue weighted by atomic mass is 9.94. The summed E-state index contributed by atoms with van der Waals surface area (Å²) < 4.78 is 55.3. The van der Waals surface area contributed by atoms with Crippen molar-refractivity contribution in [3.8, 4) is 5.75 Å². The van der Waals surface area contributed by atoms with Gasteiger partial charge in [0.15, 0.2) is 6.23 Å². The molecule has 1 N–H and O–H groups in total. The molecule has 0 radical (unpaired) electrons. The number of carbonyl (C=O) groups is 2. The first kappa shape index (κ1) is 29.2. The van der Waals surface area contributed by atoms with Gasteiger partial charge in [0.05, 0.1) is 37.9 Å². The lowest BCUT2D eigenvalue weighted by Gasteiger charge is -2.24. The van der Waals surface area contributed by atoms with Crippen LogP contribution in [0.25, 0.3) is 0 Å². The van der Waals surface area contributed by atoms with Crippen LogP contribution in [0, 0.1) is 5.92 Å². The van der Waals surface area contributed by atoms with Gasteiger partial charge in [-0.3, -0.25) is 14.9 Å². The molecule has 7 nitrogen and oxygen atoms in total. The Hall–Kier alpha value is -3.79. The lowest BCUT2D eigenvalue weighted by molar-refractivity contribution is -0.147. The third kappa shape index (κ3) is 7.88. The molecule has 2 aliphatic rings. The number of benzene rings is 2. The van der Waals surface area contributed by atoms with E-state index in [1.165, 1.54) is 19.2 Å². The van der Waals surface area contributed by atoms with E-state index in [1.54, 1.807) is 11.2 Å². The molecule has 2 heterocycles. The Balaban J connectivity index is 1.43. The highest BCUT2D eigenvalue weighted by Crippen LogP contribution is 2.31. The van der Waals surface area contributed by atoms with E-state index in [9.17, 15) is 22.8 Å². The molecule has 0 spiro atoms. The zero-order chi connectivity index (χ0) is 28.7. The molecule has 0 saturated carbocycles. The number of allylic oxidation sites excluding steroid dienone is 2. The summed E-state index contributed by atoms with van der Waals surface area (Å²) in [5.74, 6) is -0.737. The van der Waals surface area contributed by atoms with Crippen LogP contribution < -0.4 is 10.1 Å². The summed E-state index contributed by atoms with van der Waals surface area (Å²) in [5, 5.41) is 3.29. The Kier molecular flexibility index (Phi) is 9.52. The van der Waals surface area contributed by atoms with Crippen molar-refractivity contribution in [1.29, 1.82) is 0 Å². The number of carbonyl (C=O) groups excluding carboxylic acids is 2. The average molecular weight is 559 g/mol. The molecular weight excluding hydrogens is 525 g/mol. The predicted molar refractivity (Wildman–Crippen MR) is 142 cm³/mol. The monoisotopic (exact) mass is 558 g/mol. The van der Waals surface area contributed by atoms with E-state index in [0.29, 0.717) is 30.9 Å². The van der Waals surface area contributed by atoms with Gasteiger partial charge in [0.1, 0.15) is 5.75 Å². The molecule has 4 rings (SSSR count). The molecule has 0 aliphatic carbocycles. The van der Waals surface area contributed by atoms with E-state index in [4.69, 9.17) is 14.2 Å². The Morgan fingerprint density at radius 3 is 2.62 bits per heavy atom. The molecule has 2 atom stereocenters. The first-order chi connectivity index (χ1) is 19.1. The number of hydrogen-bond donors (Lipinski definition) is 1. The molecule has 0 aromatic heterocycles. The number of fused-ring (bicyclic) bond motifs is 1. The zero-order valence-electron chi connectivity index (χ0n) is 22.5. The topological polar surface area (TPSA) is 77.1 Å². The van der Waals surface area contributed by atoms with Gasteiger partial charge in [-0.15, -0.1) is 0 Å². The van der Waals surface area contributed by atoms with Crippen LogP contribution in [0.1, 0.15) is 42.0 Å². The number of nitrogens with one attached hydrogen (secondary N) is 1. The maximum absolute atomic E-state index is 13.5. The van der Waals surface area contributed by atoms with Crippen molar-refractivity contribution in [2.45, 2.75) is 51.7 Å². The van der Waals surface area contributed by atoms with Crippen LogP contribution in [0.2, 0.25) is 0 Å². The first-order valence-electron chi connectivity index (χ1n) is 13.1. The average Bonchev–Trinajstić information content (AvgIpc) is 3.04. The number of esters is 1. The Morgan fingerprint density at radius 1 is 1.15 bits per heavy atom. The van der Waals surface area contributed by atoms with Gasteiger partial charge < -0.3 is 19.1 Å². The van der Waals surface area contributed by atoms with Crippen molar-refractivity contribution in [3.63, 3.8) is 0 Å². The van der Waals surface area contributed by atoms with E-state index < -0.39 is 23.6 Å². The third-order valence-corrected chi connectivity index (χ3v) is 6.87. The summed E-state index contributed by atoms with van der Waals surface area (Å²) in [5.41, 5.74) is 2.72. The van der Waals surface area contributed by atoms with Crippen LogP contribution >= 0.6 is 0 Å². The second kappa shape index (κ2) is 13.0. The molecule has 214 valence electrons. The third-order valence-electron chi connectivity index (χ3n) is 6.87. The number of methoxy groups -OCH3 is 1. The Bertz CT molecular complexity index is 1260. The minimum atomic E-state index is -4.44. The smallest absolute Gasteiger partial charge is 0.416 e. The van der Waals surface area contributed by atoms with Gasteiger partial charge in [0.25, 0.3) is 0 Å². The number of amides is 1. The number of nitrogens with zero attached hydrogens (tertiary/aromatic N) is 1. The molecule has 2 aromatic carbocycles. The number of halogens is 3. The summed E-state index contributed by atoms with van der Waals surface area (Å²) >= 11 is 0. The molecule has 2 aliphatic heterocycles. The summed E-state index contributed by atoms with van der Waals surface area (Å²) in [6.45, 7) is 3.51. The van der Waals surface area contributed by atoms with Crippen LogP contribution in [0.5, 0.6) is 5.75 Å². The standard InChI is InChI=1S/C30H33F3N2O5/c1-20-10-13-40-27(14-20)34-11-3-12-39-26-9-6-22-15-23(17-28(36)38-2)29(37)35(19-24(22)16-26)18-21-4-7-25(8-5-21)30(31,32)33/h4-10,13-14,16,23,27,34H,3,11-12,15,17-19H2,1-2H3/t23-,27?/m0/s1. The molecule has 1 amide bonds. The fraction of sp³-hybridized carbons (Fsp3) is 0.400. The highest BCUT2D eigenvalue weighted by Gasteiger charge is 2.33. The number of hydrogen-bond acceptors (Lipinski definition) is 6. The molecular formula is C30H33F3N2O5. The van der Waals surface area contributed by atoms with Gasteiger partial charge in [0.2, 0.25) is 5.91 Å². The van der Waals surface area contributed by atoms with Crippen molar-refractivity contribution >= 4 is 11.9 Å². The lowest BCUT2D eigenvalue weighted by Crippen LogP contribution is -2.35.